The van der Waals surface area contributed by atoms with Crippen LogP contribution in [0.2, 0.25) is 0 Å². The normalized spacial score (nSPS) is 17.1. The number of nitrogens with zero attached hydrogens (tertiary/aromatic N) is 4. The predicted octanol–water partition coefficient (Wildman–Crippen LogP) is 2.03. The number of oxazole rings is 1. The highest BCUT2D eigenvalue weighted by molar-refractivity contribution is 5.96. The second kappa shape index (κ2) is 12.0. The van der Waals surface area contributed by atoms with Gasteiger partial charge in [0, 0.05) is 12.1 Å². The van der Waals surface area contributed by atoms with Gasteiger partial charge in [0.1, 0.15) is 23.2 Å². The zero-order valence-corrected chi connectivity index (χ0v) is 22.6. The summed E-state index contributed by atoms with van der Waals surface area (Å²) in [5, 5.41) is 12.9. The van der Waals surface area contributed by atoms with Gasteiger partial charge in [-0.05, 0) is 49.5 Å². The topological polar surface area (TPSA) is 162 Å². The molecule has 208 valence electrons. The monoisotopic (exact) mass is 540 g/mol. The maximum absolute atomic E-state index is 13.2. The highest BCUT2D eigenvalue weighted by atomic mass is 16.6. The predicted molar refractivity (Wildman–Crippen MR) is 137 cm³/mol. The van der Waals surface area contributed by atoms with Gasteiger partial charge < -0.3 is 29.4 Å². The summed E-state index contributed by atoms with van der Waals surface area (Å²) in [6.07, 6.45) is 0.382. The molecule has 0 fully saturated rings. The molecule has 3 amide bonds. The van der Waals surface area contributed by atoms with Gasteiger partial charge in [-0.3, -0.25) is 14.4 Å². The van der Waals surface area contributed by atoms with Crippen molar-refractivity contribution in [2.24, 2.45) is 5.92 Å². The standard InChI is InChI=1S/C26H32N6O7/c1-14(2)22-24(34)27-12-18-16(4)38-25(28-18)17-7-8-19(36-5)20(11-17)37-10-6-9-32(13-21(33)29-22)26(35)23-15(3)30-39-31-23/h7-8,11,14,22H,6,9-10,12-13H2,1-5H3,(H,27,34)(H,29,33)/t22-/m0/s1. The highest BCUT2D eigenvalue weighted by Crippen LogP contribution is 2.33. The van der Waals surface area contributed by atoms with Crippen molar-refractivity contribution in [3.63, 3.8) is 0 Å². The average Bonchev–Trinajstić information content (AvgIpc) is 3.51. The number of carbonyl (C=O) groups is 3. The molecule has 0 radical (unpaired) electrons. The maximum Gasteiger partial charge on any atom is 0.278 e. The first-order valence-electron chi connectivity index (χ1n) is 12.6. The molecule has 3 heterocycles. The summed E-state index contributed by atoms with van der Waals surface area (Å²) >= 11 is 0. The van der Waals surface area contributed by atoms with Crippen LogP contribution in [0.3, 0.4) is 0 Å². The zero-order chi connectivity index (χ0) is 28.1. The lowest BCUT2D eigenvalue weighted by atomic mass is 10.0. The van der Waals surface area contributed by atoms with E-state index in [0.29, 0.717) is 46.5 Å². The number of aryl methyl sites for hydroxylation is 2. The Morgan fingerprint density at radius 3 is 2.69 bits per heavy atom. The van der Waals surface area contributed by atoms with Crippen molar-refractivity contribution in [2.75, 3.05) is 26.8 Å². The Balaban J connectivity index is 1.65. The Kier molecular flexibility index (Phi) is 8.47. The summed E-state index contributed by atoms with van der Waals surface area (Å²) in [7, 11) is 1.54. The molecule has 4 rings (SSSR count). The Morgan fingerprint density at radius 1 is 1.21 bits per heavy atom. The van der Waals surface area contributed by atoms with E-state index < -0.39 is 17.9 Å². The number of methoxy groups -OCH3 is 1. The first kappa shape index (κ1) is 27.6. The van der Waals surface area contributed by atoms with Crippen LogP contribution >= 0.6 is 0 Å². The molecule has 1 atom stereocenters. The number of carbonyl (C=O) groups excluding carboxylic acids is 3. The van der Waals surface area contributed by atoms with Gasteiger partial charge in [0.25, 0.3) is 5.91 Å². The summed E-state index contributed by atoms with van der Waals surface area (Å²) < 4.78 is 22.0. The van der Waals surface area contributed by atoms with Crippen molar-refractivity contribution in [2.45, 2.75) is 46.7 Å². The minimum atomic E-state index is -0.831. The molecule has 1 aromatic carbocycles. The Hall–Kier alpha value is -4.42. The minimum absolute atomic E-state index is 0.0123. The maximum atomic E-state index is 13.2. The van der Waals surface area contributed by atoms with Gasteiger partial charge in [-0.1, -0.05) is 19.0 Å². The third-order valence-electron chi connectivity index (χ3n) is 6.31. The van der Waals surface area contributed by atoms with E-state index in [-0.39, 0.29) is 43.8 Å². The number of rotatable bonds is 3. The molecule has 0 aliphatic carbocycles. The van der Waals surface area contributed by atoms with Crippen LogP contribution < -0.4 is 20.1 Å². The van der Waals surface area contributed by atoms with Crippen molar-refractivity contribution in [1.29, 1.82) is 0 Å². The number of nitrogens with one attached hydrogen (secondary N) is 2. The number of hydrogen-bond donors (Lipinski definition) is 2. The van der Waals surface area contributed by atoms with Gasteiger partial charge in [0.15, 0.2) is 17.2 Å². The van der Waals surface area contributed by atoms with Crippen LogP contribution in [0.15, 0.2) is 27.2 Å². The fourth-order valence-electron chi connectivity index (χ4n) is 4.11. The summed E-state index contributed by atoms with van der Waals surface area (Å²) in [5.41, 5.74) is 1.55. The van der Waals surface area contributed by atoms with Gasteiger partial charge in [0.2, 0.25) is 17.7 Å². The molecule has 0 saturated heterocycles. The number of amides is 3. The van der Waals surface area contributed by atoms with Crippen molar-refractivity contribution in [3.05, 3.63) is 41.0 Å². The average molecular weight is 541 g/mol. The molecule has 3 aromatic rings. The molecule has 0 spiro atoms. The lowest BCUT2D eigenvalue weighted by molar-refractivity contribution is -0.130. The lowest BCUT2D eigenvalue weighted by Gasteiger charge is -2.25. The Bertz CT molecular complexity index is 1350. The molecule has 39 heavy (non-hydrogen) atoms. The van der Waals surface area contributed by atoms with Gasteiger partial charge in [-0.2, -0.15) is 0 Å². The Labute approximate surface area is 225 Å². The van der Waals surface area contributed by atoms with E-state index >= 15 is 0 Å². The molecule has 13 nitrogen and oxygen atoms in total. The molecule has 4 bridgehead atoms. The van der Waals surface area contributed by atoms with Crippen molar-refractivity contribution >= 4 is 17.7 Å². The van der Waals surface area contributed by atoms with Gasteiger partial charge in [0.05, 0.1) is 26.8 Å². The summed E-state index contributed by atoms with van der Waals surface area (Å²) in [6.45, 7) is 7.19. The zero-order valence-electron chi connectivity index (χ0n) is 22.6. The number of hydrogen-bond acceptors (Lipinski definition) is 10. The van der Waals surface area contributed by atoms with E-state index in [1.807, 2.05) is 13.8 Å². The first-order chi connectivity index (χ1) is 18.7. The molecule has 1 aliphatic rings. The van der Waals surface area contributed by atoms with E-state index in [1.54, 1.807) is 32.0 Å². The van der Waals surface area contributed by atoms with E-state index in [0.717, 1.165) is 0 Å². The largest absolute Gasteiger partial charge is 0.493 e. The fraction of sp³-hybridized carbons (Fsp3) is 0.462. The molecule has 2 aromatic heterocycles. The van der Waals surface area contributed by atoms with Gasteiger partial charge >= 0.3 is 0 Å². The molecule has 2 N–H and O–H groups in total. The summed E-state index contributed by atoms with van der Waals surface area (Å²) in [4.78, 5) is 45.2. The Morgan fingerprint density at radius 2 is 2.00 bits per heavy atom. The second-order valence-corrected chi connectivity index (χ2v) is 9.52. The van der Waals surface area contributed by atoms with Crippen LogP contribution in [-0.2, 0) is 16.1 Å². The lowest BCUT2D eigenvalue weighted by Crippen LogP contribution is -2.52. The van der Waals surface area contributed by atoms with Crippen molar-refractivity contribution in [3.8, 4) is 23.0 Å². The van der Waals surface area contributed by atoms with Crippen LogP contribution in [0.5, 0.6) is 11.5 Å². The van der Waals surface area contributed by atoms with E-state index in [9.17, 15) is 14.4 Å². The second-order valence-electron chi connectivity index (χ2n) is 9.52. The molecular weight excluding hydrogens is 508 g/mol. The summed E-state index contributed by atoms with van der Waals surface area (Å²) in [6, 6.07) is 4.47. The summed E-state index contributed by atoms with van der Waals surface area (Å²) in [5.74, 6) is 0.295. The number of fused-ring (bicyclic) bond motifs is 5. The molecule has 1 aliphatic heterocycles. The third-order valence-corrected chi connectivity index (χ3v) is 6.31. The minimum Gasteiger partial charge on any atom is -0.493 e. The molecular formula is C26H32N6O7. The van der Waals surface area contributed by atoms with E-state index in [2.05, 4.69) is 30.6 Å². The van der Waals surface area contributed by atoms with Crippen molar-refractivity contribution in [1.82, 2.24) is 30.8 Å². The van der Waals surface area contributed by atoms with E-state index in [4.69, 9.17) is 13.9 Å². The number of benzene rings is 1. The molecule has 0 saturated carbocycles. The van der Waals surface area contributed by atoms with Crippen LogP contribution in [-0.4, -0.2) is 70.8 Å². The fourth-order valence-corrected chi connectivity index (χ4v) is 4.11. The van der Waals surface area contributed by atoms with E-state index in [1.165, 1.54) is 12.0 Å². The van der Waals surface area contributed by atoms with Crippen molar-refractivity contribution < 1.29 is 32.9 Å². The number of aromatic nitrogens is 3. The highest BCUT2D eigenvalue weighted by Gasteiger charge is 2.28. The number of ether oxygens (including phenoxy) is 2. The van der Waals surface area contributed by atoms with Crippen LogP contribution in [0.4, 0.5) is 0 Å². The molecule has 13 heteroatoms. The molecule has 0 unspecified atom stereocenters. The van der Waals surface area contributed by atoms with Crippen LogP contribution in [0.25, 0.3) is 11.5 Å². The van der Waals surface area contributed by atoms with Crippen LogP contribution in [0.1, 0.15) is 47.9 Å². The quantitative estimate of drug-likeness (QED) is 0.503. The van der Waals surface area contributed by atoms with Crippen LogP contribution in [0, 0.1) is 19.8 Å². The van der Waals surface area contributed by atoms with Gasteiger partial charge in [-0.15, -0.1) is 0 Å². The first-order valence-corrected chi connectivity index (χ1v) is 12.6. The smallest absolute Gasteiger partial charge is 0.278 e. The van der Waals surface area contributed by atoms with Gasteiger partial charge in [-0.25, -0.2) is 9.61 Å². The SMILES string of the molecule is COc1ccc2cc1OCCCN(C(=O)c1nonc1C)CC(=O)N[C@@H](C(C)C)C(=O)NCc1nc-2oc1C. The third kappa shape index (κ3) is 6.36.